The minimum atomic E-state index is -1.09. The summed E-state index contributed by atoms with van der Waals surface area (Å²) in [5.74, 6) is -1.31. The van der Waals surface area contributed by atoms with Crippen LogP contribution in [0.25, 0.3) is 5.53 Å². The number of carbonyl (C=O) groups excluding carboxylic acids is 4. The molecule has 0 heterocycles. The van der Waals surface area contributed by atoms with Crippen molar-refractivity contribution in [1.82, 2.24) is 5.32 Å². The second-order valence-corrected chi connectivity index (χ2v) is 5.51. The Morgan fingerprint density at radius 2 is 1.86 bits per heavy atom. The van der Waals surface area contributed by atoms with Crippen molar-refractivity contribution in [3.8, 4) is 5.75 Å². The van der Waals surface area contributed by atoms with Crippen LogP contribution in [0.15, 0.2) is 24.3 Å². The lowest BCUT2D eigenvalue weighted by Crippen LogP contribution is -2.42. The molecule has 0 fully saturated rings. The van der Waals surface area contributed by atoms with E-state index in [1.807, 2.05) is 0 Å². The summed E-state index contributed by atoms with van der Waals surface area (Å²) in [6, 6.07) is 5.24. The summed E-state index contributed by atoms with van der Waals surface area (Å²) in [4.78, 5) is 48.7. The Hall–Kier alpha value is -3.52. The molecule has 0 bridgehead atoms. The number of amides is 1. The smallest absolute Gasteiger partial charge is 0.408 e. The molecule has 1 aromatic rings. The highest BCUT2D eigenvalue weighted by atomic mass is 16.6. The number of alkyl carbamates (subject to hydrolysis) is 1. The normalized spacial score (nSPS) is 10.8. The highest BCUT2D eigenvalue weighted by Crippen LogP contribution is 2.13. The number of hydrogen-bond acceptors (Lipinski definition) is 7. The first-order chi connectivity index (χ1) is 13.3. The maximum absolute atomic E-state index is 12.0. The van der Waals surface area contributed by atoms with Crippen LogP contribution in [0.5, 0.6) is 5.75 Å². The van der Waals surface area contributed by atoms with Gasteiger partial charge in [0.2, 0.25) is 5.78 Å². The van der Waals surface area contributed by atoms with Gasteiger partial charge in [0.25, 0.3) is 0 Å². The van der Waals surface area contributed by atoms with Crippen molar-refractivity contribution in [2.45, 2.75) is 39.3 Å². The van der Waals surface area contributed by atoms with Gasteiger partial charge in [-0.25, -0.2) is 9.59 Å². The summed E-state index contributed by atoms with van der Waals surface area (Å²) < 4.78 is 14.8. The van der Waals surface area contributed by atoms with Gasteiger partial charge >= 0.3 is 24.2 Å². The molecule has 0 saturated heterocycles. The lowest BCUT2D eigenvalue weighted by Gasteiger charge is -2.16. The van der Waals surface area contributed by atoms with Gasteiger partial charge < -0.3 is 25.1 Å². The van der Waals surface area contributed by atoms with Crippen molar-refractivity contribution in [2.24, 2.45) is 0 Å². The molecule has 1 unspecified atom stereocenters. The molecule has 0 radical (unpaired) electrons. The van der Waals surface area contributed by atoms with E-state index in [9.17, 15) is 19.2 Å². The minimum absolute atomic E-state index is 0.0458. The fraction of sp³-hybridized carbons (Fsp3) is 0.389. The Morgan fingerprint density at radius 1 is 1.18 bits per heavy atom. The van der Waals surface area contributed by atoms with Gasteiger partial charge in [-0.15, -0.1) is 0 Å². The average molecular weight is 391 g/mol. The number of carbonyl (C=O) groups is 4. The number of benzene rings is 1. The van der Waals surface area contributed by atoms with Crippen LogP contribution in [-0.4, -0.2) is 47.5 Å². The van der Waals surface area contributed by atoms with Crippen molar-refractivity contribution < 1.29 is 38.2 Å². The Labute approximate surface area is 161 Å². The number of nitrogens with zero attached hydrogens (tertiary/aromatic N) is 2. The third-order valence-corrected chi connectivity index (χ3v) is 3.30. The second-order valence-electron chi connectivity index (χ2n) is 5.51. The number of ketones is 1. The predicted molar refractivity (Wildman–Crippen MR) is 95.4 cm³/mol. The largest absolute Gasteiger partial charge is 0.464 e. The quantitative estimate of drug-likeness (QED) is 0.209. The SMILES string of the molecule is CCOC(=O)C(CCC(=O)C=[N+]=[N-])NC(=O)OCc1ccc(OC(C)=O)cc1. The highest BCUT2D eigenvalue weighted by Gasteiger charge is 2.24. The van der Waals surface area contributed by atoms with E-state index in [0.717, 1.165) is 0 Å². The fourth-order valence-corrected chi connectivity index (χ4v) is 2.06. The number of rotatable bonds is 10. The van der Waals surface area contributed by atoms with Gasteiger partial charge in [0.1, 0.15) is 18.4 Å². The topological polar surface area (TPSA) is 144 Å². The van der Waals surface area contributed by atoms with Gasteiger partial charge in [0, 0.05) is 13.3 Å². The van der Waals surface area contributed by atoms with Crippen molar-refractivity contribution in [3.05, 3.63) is 35.4 Å². The summed E-state index contributed by atoms with van der Waals surface area (Å²) in [7, 11) is 0. The summed E-state index contributed by atoms with van der Waals surface area (Å²) in [6.07, 6.45) is -0.341. The van der Waals surface area contributed by atoms with Crippen LogP contribution < -0.4 is 10.1 Å². The van der Waals surface area contributed by atoms with Gasteiger partial charge in [0.05, 0.1) is 6.61 Å². The van der Waals surface area contributed by atoms with Crippen LogP contribution in [0, 0.1) is 0 Å². The summed E-state index contributed by atoms with van der Waals surface area (Å²) in [5, 5.41) is 2.34. The van der Waals surface area contributed by atoms with E-state index >= 15 is 0 Å². The number of hydrogen-bond donors (Lipinski definition) is 1. The third-order valence-electron chi connectivity index (χ3n) is 3.30. The lowest BCUT2D eigenvalue weighted by atomic mass is 10.1. The first-order valence-electron chi connectivity index (χ1n) is 8.43. The maximum Gasteiger partial charge on any atom is 0.408 e. The Balaban J connectivity index is 2.58. The third kappa shape index (κ3) is 8.72. The van der Waals surface area contributed by atoms with E-state index in [1.165, 1.54) is 6.92 Å². The molecule has 0 aromatic heterocycles. The van der Waals surface area contributed by atoms with Crippen LogP contribution in [0.4, 0.5) is 4.79 Å². The molecular weight excluding hydrogens is 370 g/mol. The molecule has 0 spiro atoms. The molecular formula is C18H21N3O7. The minimum Gasteiger partial charge on any atom is -0.464 e. The fourth-order valence-electron chi connectivity index (χ4n) is 2.06. The standard InChI is InChI=1S/C18H21N3O7/c1-3-26-17(24)16(9-6-14(23)10-20-19)21-18(25)27-11-13-4-7-15(8-5-13)28-12(2)22/h4-5,7-8,10,16H,3,6,9,11H2,1-2H3,(H,21,25). The molecule has 1 atom stereocenters. The van der Waals surface area contributed by atoms with Gasteiger partial charge in [-0.3, -0.25) is 9.59 Å². The number of ether oxygens (including phenoxy) is 3. The molecule has 10 heteroatoms. The Morgan fingerprint density at radius 3 is 2.43 bits per heavy atom. The molecule has 150 valence electrons. The molecule has 0 aliphatic carbocycles. The molecule has 1 N–H and O–H groups in total. The van der Waals surface area contributed by atoms with E-state index < -0.39 is 29.9 Å². The first-order valence-corrected chi connectivity index (χ1v) is 8.43. The van der Waals surface area contributed by atoms with Crippen molar-refractivity contribution in [1.29, 1.82) is 0 Å². The van der Waals surface area contributed by atoms with Crippen LogP contribution >= 0.6 is 0 Å². The van der Waals surface area contributed by atoms with E-state index in [4.69, 9.17) is 19.7 Å². The highest BCUT2D eigenvalue weighted by molar-refractivity contribution is 6.25. The number of nitrogens with one attached hydrogen (secondary N) is 1. The summed E-state index contributed by atoms with van der Waals surface area (Å²) in [6.45, 7) is 2.91. The molecule has 10 nitrogen and oxygen atoms in total. The zero-order valence-corrected chi connectivity index (χ0v) is 15.5. The van der Waals surface area contributed by atoms with Crippen molar-refractivity contribution in [3.63, 3.8) is 0 Å². The Kier molecular flexibility index (Phi) is 9.63. The maximum atomic E-state index is 12.0. The zero-order chi connectivity index (χ0) is 20.9. The number of esters is 2. The summed E-state index contributed by atoms with van der Waals surface area (Å²) >= 11 is 0. The second kappa shape index (κ2) is 12.0. The van der Waals surface area contributed by atoms with Gasteiger partial charge in [-0.05, 0) is 31.0 Å². The van der Waals surface area contributed by atoms with E-state index in [2.05, 4.69) is 10.1 Å². The lowest BCUT2D eigenvalue weighted by molar-refractivity contribution is -0.145. The molecule has 0 aliphatic heterocycles. The van der Waals surface area contributed by atoms with Crippen LogP contribution in [0.2, 0.25) is 0 Å². The van der Waals surface area contributed by atoms with Gasteiger partial charge in [-0.2, -0.15) is 4.79 Å². The monoisotopic (exact) mass is 391 g/mol. The predicted octanol–water partition coefficient (Wildman–Crippen LogP) is 1.42. The molecule has 1 aromatic carbocycles. The Bertz CT molecular complexity index is 755. The van der Waals surface area contributed by atoms with E-state index in [1.54, 1.807) is 31.2 Å². The van der Waals surface area contributed by atoms with Crippen LogP contribution in [-0.2, 0) is 30.5 Å². The van der Waals surface area contributed by atoms with Crippen LogP contribution in [0.1, 0.15) is 32.3 Å². The summed E-state index contributed by atoms with van der Waals surface area (Å²) in [5.41, 5.74) is 8.95. The first kappa shape index (κ1) is 22.5. The van der Waals surface area contributed by atoms with E-state index in [-0.39, 0.29) is 26.1 Å². The average Bonchev–Trinajstić information content (AvgIpc) is 2.64. The molecule has 1 amide bonds. The molecule has 28 heavy (non-hydrogen) atoms. The molecule has 1 rings (SSSR count). The van der Waals surface area contributed by atoms with Crippen LogP contribution in [0.3, 0.4) is 0 Å². The van der Waals surface area contributed by atoms with Gasteiger partial charge in [0.15, 0.2) is 0 Å². The number of Topliss-reactive ketones (excluding diaryl/α,β-unsaturated/α-hetero) is 1. The van der Waals surface area contributed by atoms with Gasteiger partial charge in [-0.1, -0.05) is 12.1 Å². The molecule has 0 aliphatic rings. The van der Waals surface area contributed by atoms with Crippen molar-refractivity contribution in [2.75, 3.05) is 6.61 Å². The molecule has 0 saturated carbocycles. The zero-order valence-electron chi connectivity index (χ0n) is 15.5. The van der Waals surface area contributed by atoms with Crippen molar-refractivity contribution >= 4 is 30.0 Å². The van der Waals surface area contributed by atoms with E-state index in [0.29, 0.717) is 17.5 Å².